The first kappa shape index (κ1) is 17.1. The highest BCUT2D eigenvalue weighted by atomic mass is 16.6. The SMILES string of the molecule is COc1ccc([C@H]2CCN(C(=O)OC(C)(C)C)[C@@H]2C(=O)O)cc1. The fraction of sp³-hybridized carbons (Fsp3) is 0.529. The summed E-state index contributed by atoms with van der Waals surface area (Å²) in [6.07, 6.45) is 0.00336. The predicted octanol–water partition coefficient (Wildman–Crippen LogP) is 2.87. The molecule has 0 aliphatic carbocycles. The van der Waals surface area contributed by atoms with Crippen LogP contribution in [0.5, 0.6) is 5.75 Å². The van der Waals surface area contributed by atoms with Crippen molar-refractivity contribution in [3.05, 3.63) is 29.8 Å². The number of carbonyl (C=O) groups excluding carboxylic acids is 1. The van der Waals surface area contributed by atoms with Gasteiger partial charge in [0, 0.05) is 12.5 Å². The molecule has 0 saturated carbocycles. The maximum absolute atomic E-state index is 12.3. The van der Waals surface area contributed by atoms with E-state index in [1.807, 2.05) is 12.1 Å². The average Bonchev–Trinajstić information content (AvgIpc) is 2.90. The van der Waals surface area contributed by atoms with E-state index in [0.717, 1.165) is 5.56 Å². The van der Waals surface area contributed by atoms with Gasteiger partial charge in [0.2, 0.25) is 0 Å². The molecule has 0 aromatic heterocycles. The smallest absolute Gasteiger partial charge is 0.411 e. The molecule has 1 aromatic carbocycles. The lowest BCUT2D eigenvalue weighted by Gasteiger charge is -2.28. The number of ether oxygens (including phenoxy) is 2. The zero-order chi connectivity index (χ0) is 17.2. The second-order valence-corrected chi connectivity index (χ2v) is 6.63. The molecular formula is C17H23NO5. The normalized spacial score (nSPS) is 21.1. The first-order valence-electron chi connectivity index (χ1n) is 7.59. The third-order valence-electron chi connectivity index (χ3n) is 3.82. The number of carboxylic acid groups (broad SMARTS) is 1. The summed E-state index contributed by atoms with van der Waals surface area (Å²) in [7, 11) is 1.58. The molecule has 1 heterocycles. The molecule has 1 N–H and O–H groups in total. The zero-order valence-electron chi connectivity index (χ0n) is 13.9. The number of methoxy groups -OCH3 is 1. The Labute approximate surface area is 136 Å². The van der Waals surface area contributed by atoms with E-state index < -0.39 is 23.7 Å². The van der Waals surface area contributed by atoms with Gasteiger partial charge in [0.25, 0.3) is 0 Å². The predicted molar refractivity (Wildman–Crippen MR) is 84.7 cm³/mol. The number of benzene rings is 1. The summed E-state index contributed by atoms with van der Waals surface area (Å²) >= 11 is 0. The number of rotatable bonds is 3. The van der Waals surface area contributed by atoms with Crippen LogP contribution in [0.15, 0.2) is 24.3 Å². The lowest BCUT2D eigenvalue weighted by Crippen LogP contribution is -2.45. The van der Waals surface area contributed by atoms with E-state index >= 15 is 0 Å². The van der Waals surface area contributed by atoms with Crippen LogP contribution in [-0.4, -0.2) is 47.4 Å². The highest BCUT2D eigenvalue weighted by Crippen LogP contribution is 2.35. The summed E-state index contributed by atoms with van der Waals surface area (Å²) in [4.78, 5) is 25.3. The number of nitrogens with zero attached hydrogens (tertiary/aromatic N) is 1. The van der Waals surface area contributed by atoms with Gasteiger partial charge in [-0.2, -0.15) is 0 Å². The van der Waals surface area contributed by atoms with Crippen LogP contribution in [0, 0.1) is 0 Å². The van der Waals surface area contributed by atoms with Crippen molar-refractivity contribution in [2.75, 3.05) is 13.7 Å². The van der Waals surface area contributed by atoms with Crippen LogP contribution in [0.25, 0.3) is 0 Å². The van der Waals surface area contributed by atoms with E-state index in [1.165, 1.54) is 4.90 Å². The molecular weight excluding hydrogens is 298 g/mol. The minimum absolute atomic E-state index is 0.258. The van der Waals surface area contributed by atoms with Crippen molar-refractivity contribution in [2.24, 2.45) is 0 Å². The number of aliphatic carboxylic acids is 1. The van der Waals surface area contributed by atoms with Crippen molar-refractivity contribution < 1.29 is 24.2 Å². The van der Waals surface area contributed by atoms with Gasteiger partial charge in [0.05, 0.1) is 7.11 Å². The Hall–Kier alpha value is -2.24. The van der Waals surface area contributed by atoms with Crippen LogP contribution < -0.4 is 4.74 Å². The van der Waals surface area contributed by atoms with Gasteiger partial charge in [-0.15, -0.1) is 0 Å². The van der Waals surface area contributed by atoms with Crippen LogP contribution in [0.2, 0.25) is 0 Å². The van der Waals surface area contributed by atoms with E-state index in [9.17, 15) is 14.7 Å². The summed E-state index contributed by atoms with van der Waals surface area (Å²) in [6, 6.07) is 6.36. The van der Waals surface area contributed by atoms with Gasteiger partial charge in [-0.1, -0.05) is 12.1 Å². The minimum Gasteiger partial charge on any atom is -0.497 e. The van der Waals surface area contributed by atoms with Crippen LogP contribution >= 0.6 is 0 Å². The largest absolute Gasteiger partial charge is 0.497 e. The first-order chi connectivity index (χ1) is 10.7. The molecule has 0 radical (unpaired) electrons. The molecule has 1 aromatic rings. The van der Waals surface area contributed by atoms with Crippen LogP contribution in [0.3, 0.4) is 0 Å². The molecule has 23 heavy (non-hydrogen) atoms. The van der Waals surface area contributed by atoms with Crippen LogP contribution in [0.4, 0.5) is 4.79 Å². The van der Waals surface area contributed by atoms with Crippen molar-refractivity contribution in [3.8, 4) is 5.75 Å². The van der Waals surface area contributed by atoms with Gasteiger partial charge in [-0.3, -0.25) is 4.90 Å². The summed E-state index contributed by atoms with van der Waals surface area (Å²) in [5.41, 5.74) is 0.225. The molecule has 2 rings (SSSR count). The molecule has 6 nitrogen and oxygen atoms in total. The zero-order valence-corrected chi connectivity index (χ0v) is 13.9. The number of carboxylic acids is 1. The minimum atomic E-state index is -1.02. The van der Waals surface area contributed by atoms with Gasteiger partial charge >= 0.3 is 12.1 Å². The van der Waals surface area contributed by atoms with E-state index in [2.05, 4.69) is 0 Å². The van der Waals surface area contributed by atoms with Crippen molar-refractivity contribution in [3.63, 3.8) is 0 Å². The second kappa shape index (κ2) is 6.48. The number of likely N-dealkylation sites (tertiary alicyclic amines) is 1. The fourth-order valence-corrected chi connectivity index (χ4v) is 2.82. The molecule has 1 saturated heterocycles. The van der Waals surface area contributed by atoms with Gasteiger partial charge in [0.15, 0.2) is 0 Å². The number of hydrogen-bond donors (Lipinski definition) is 1. The van der Waals surface area contributed by atoms with Gasteiger partial charge in [0.1, 0.15) is 17.4 Å². The van der Waals surface area contributed by atoms with Gasteiger partial charge < -0.3 is 14.6 Å². The molecule has 1 amide bonds. The molecule has 1 fully saturated rings. The summed E-state index contributed by atoms with van der Waals surface area (Å²) in [5.74, 6) is -0.567. The Morgan fingerprint density at radius 1 is 1.22 bits per heavy atom. The lowest BCUT2D eigenvalue weighted by molar-refractivity contribution is -0.142. The number of carbonyl (C=O) groups is 2. The Morgan fingerprint density at radius 3 is 2.30 bits per heavy atom. The molecule has 0 unspecified atom stereocenters. The highest BCUT2D eigenvalue weighted by Gasteiger charge is 2.44. The molecule has 0 bridgehead atoms. The van der Waals surface area contributed by atoms with E-state index in [0.29, 0.717) is 18.7 Å². The number of amides is 1. The number of hydrogen-bond acceptors (Lipinski definition) is 4. The van der Waals surface area contributed by atoms with E-state index in [-0.39, 0.29) is 5.92 Å². The summed E-state index contributed by atoms with van der Waals surface area (Å²) in [6.45, 7) is 5.65. The van der Waals surface area contributed by atoms with E-state index in [4.69, 9.17) is 9.47 Å². The maximum Gasteiger partial charge on any atom is 0.411 e. The summed E-state index contributed by atoms with van der Waals surface area (Å²) in [5, 5.41) is 9.59. The molecule has 6 heteroatoms. The van der Waals surface area contributed by atoms with Crippen LogP contribution in [-0.2, 0) is 9.53 Å². The molecule has 2 atom stereocenters. The van der Waals surface area contributed by atoms with Gasteiger partial charge in [-0.25, -0.2) is 9.59 Å². The molecule has 0 spiro atoms. The highest BCUT2D eigenvalue weighted by molar-refractivity contribution is 5.82. The Bertz CT molecular complexity index is 576. The van der Waals surface area contributed by atoms with Gasteiger partial charge in [-0.05, 0) is 44.9 Å². The monoisotopic (exact) mass is 321 g/mol. The van der Waals surface area contributed by atoms with Crippen molar-refractivity contribution in [2.45, 2.75) is 44.8 Å². The van der Waals surface area contributed by atoms with Crippen LogP contribution in [0.1, 0.15) is 38.7 Å². The maximum atomic E-state index is 12.3. The standard InChI is InChI=1S/C17H23NO5/c1-17(2,3)23-16(21)18-10-9-13(14(18)15(19)20)11-5-7-12(22-4)8-6-11/h5-8,13-14H,9-10H2,1-4H3,(H,19,20)/t13-,14+/m1/s1. The topological polar surface area (TPSA) is 76.1 Å². The third-order valence-corrected chi connectivity index (χ3v) is 3.82. The van der Waals surface area contributed by atoms with Crippen molar-refractivity contribution >= 4 is 12.1 Å². The Morgan fingerprint density at radius 2 is 1.83 bits per heavy atom. The average molecular weight is 321 g/mol. The third kappa shape index (κ3) is 3.94. The Kier molecular flexibility index (Phi) is 4.82. The molecule has 1 aliphatic rings. The molecule has 126 valence electrons. The summed E-state index contributed by atoms with van der Waals surface area (Å²) < 4.78 is 10.4. The lowest BCUT2D eigenvalue weighted by atomic mass is 9.92. The van der Waals surface area contributed by atoms with Crippen molar-refractivity contribution in [1.29, 1.82) is 0 Å². The quantitative estimate of drug-likeness (QED) is 0.926. The second-order valence-electron chi connectivity index (χ2n) is 6.63. The molecule has 1 aliphatic heterocycles. The van der Waals surface area contributed by atoms with E-state index in [1.54, 1.807) is 40.0 Å². The Balaban J connectivity index is 2.22. The first-order valence-corrected chi connectivity index (χ1v) is 7.59. The van der Waals surface area contributed by atoms with Crippen molar-refractivity contribution in [1.82, 2.24) is 4.90 Å². The fourth-order valence-electron chi connectivity index (χ4n) is 2.82.